The molecule has 0 saturated heterocycles. The number of nitrogens with two attached hydrogens (primary N) is 1. The molecule has 0 radical (unpaired) electrons. The monoisotopic (exact) mass is 268 g/mol. The van der Waals surface area contributed by atoms with E-state index in [1.807, 2.05) is 0 Å². The van der Waals surface area contributed by atoms with Crippen LogP contribution in [0.5, 0.6) is 0 Å². The van der Waals surface area contributed by atoms with Crippen LogP contribution in [-0.2, 0) is 0 Å². The van der Waals surface area contributed by atoms with E-state index in [0.717, 1.165) is 37.8 Å². The van der Waals surface area contributed by atoms with Crippen LogP contribution >= 0.6 is 0 Å². The van der Waals surface area contributed by atoms with E-state index < -0.39 is 23.1 Å². The molecule has 3 N–H and O–H groups in total. The maximum absolute atomic E-state index is 13.5. The maximum atomic E-state index is 13.5. The fourth-order valence-corrected chi connectivity index (χ4v) is 2.64. The molecule has 5 heteroatoms. The Morgan fingerprint density at radius 1 is 1.26 bits per heavy atom. The molecule has 2 atom stereocenters. The van der Waals surface area contributed by atoms with Gasteiger partial charge in [-0.15, -0.1) is 0 Å². The summed E-state index contributed by atoms with van der Waals surface area (Å²) >= 11 is 0. The van der Waals surface area contributed by atoms with Gasteiger partial charge in [0, 0.05) is 6.04 Å². The van der Waals surface area contributed by atoms with E-state index in [-0.39, 0.29) is 12.0 Å². The predicted molar refractivity (Wildman–Crippen MR) is 68.6 cm³/mol. The van der Waals surface area contributed by atoms with Gasteiger partial charge in [-0.3, -0.25) is 4.79 Å². The molecule has 0 heterocycles. The number of benzene rings is 1. The minimum Gasteiger partial charge on any atom is -0.349 e. The van der Waals surface area contributed by atoms with Gasteiger partial charge in [0.15, 0.2) is 0 Å². The number of amides is 1. The molecule has 1 aliphatic rings. The van der Waals surface area contributed by atoms with Crippen LogP contribution in [-0.4, -0.2) is 18.5 Å². The van der Waals surface area contributed by atoms with Gasteiger partial charge in [0.05, 0.1) is 0 Å². The van der Waals surface area contributed by atoms with Crippen LogP contribution in [0.15, 0.2) is 18.2 Å². The molecule has 1 aliphatic carbocycles. The minimum atomic E-state index is -0.836. The highest BCUT2D eigenvalue weighted by molar-refractivity contribution is 5.94. The van der Waals surface area contributed by atoms with Crippen molar-refractivity contribution in [2.75, 3.05) is 6.54 Å². The van der Waals surface area contributed by atoms with Crippen molar-refractivity contribution in [3.05, 3.63) is 35.4 Å². The Balaban J connectivity index is 2.12. The number of hydrogen-bond donors (Lipinski definition) is 2. The second-order valence-electron chi connectivity index (χ2n) is 4.96. The average Bonchev–Trinajstić information content (AvgIpc) is 2.39. The zero-order valence-electron chi connectivity index (χ0n) is 10.7. The second kappa shape index (κ2) is 6.10. The Kier molecular flexibility index (Phi) is 4.47. The lowest BCUT2D eigenvalue weighted by molar-refractivity contribution is 0.0899. The third-order valence-corrected chi connectivity index (χ3v) is 3.72. The van der Waals surface area contributed by atoms with Gasteiger partial charge in [-0.1, -0.05) is 18.9 Å². The molecule has 2 rings (SSSR count). The molecule has 0 bridgehead atoms. The molecule has 1 saturated carbocycles. The molecule has 0 aromatic heterocycles. The summed E-state index contributed by atoms with van der Waals surface area (Å²) in [4.78, 5) is 12.0. The molecule has 104 valence electrons. The average molecular weight is 268 g/mol. The lowest BCUT2D eigenvalue weighted by atomic mass is 9.84. The lowest BCUT2D eigenvalue weighted by Gasteiger charge is -2.31. The molecule has 0 aliphatic heterocycles. The number of carbonyl (C=O) groups is 1. The molecule has 1 fully saturated rings. The zero-order valence-corrected chi connectivity index (χ0v) is 10.7. The number of halogens is 2. The second-order valence-corrected chi connectivity index (χ2v) is 4.96. The van der Waals surface area contributed by atoms with E-state index in [1.54, 1.807) is 0 Å². The number of carbonyl (C=O) groups excluding carboxylic acids is 1. The van der Waals surface area contributed by atoms with Crippen molar-refractivity contribution >= 4 is 5.91 Å². The highest BCUT2D eigenvalue weighted by Gasteiger charge is 2.27. The van der Waals surface area contributed by atoms with Crippen molar-refractivity contribution in [1.82, 2.24) is 5.32 Å². The van der Waals surface area contributed by atoms with Crippen LogP contribution in [0.25, 0.3) is 0 Å². The fraction of sp³-hybridized carbons (Fsp3) is 0.500. The smallest absolute Gasteiger partial charge is 0.257 e. The summed E-state index contributed by atoms with van der Waals surface area (Å²) in [6.07, 6.45) is 3.84. The summed E-state index contributed by atoms with van der Waals surface area (Å²) < 4.78 is 27.0. The molecule has 2 unspecified atom stereocenters. The van der Waals surface area contributed by atoms with Crippen LogP contribution in [0, 0.1) is 17.6 Å². The van der Waals surface area contributed by atoms with Gasteiger partial charge in [-0.2, -0.15) is 0 Å². The first-order valence-electron chi connectivity index (χ1n) is 6.58. The molecule has 3 nitrogen and oxygen atoms in total. The lowest BCUT2D eigenvalue weighted by Crippen LogP contribution is -2.45. The summed E-state index contributed by atoms with van der Waals surface area (Å²) in [6.45, 7) is 0.477. The van der Waals surface area contributed by atoms with Crippen molar-refractivity contribution in [1.29, 1.82) is 0 Å². The highest BCUT2D eigenvalue weighted by Crippen LogP contribution is 2.24. The van der Waals surface area contributed by atoms with Crippen molar-refractivity contribution in [3.8, 4) is 0 Å². The van der Waals surface area contributed by atoms with Crippen LogP contribution in [0.3, 0.4) is 0 Å². The van der Waals surface area contributed by atoms with Gasteiger partial charge in [-0.25, -0.2) is 8.78 Å². The number of rotatable bonds is 3. The van der Waals surface area contributed by atoms with Gasteiger partial charge in [-0.05, 0) is 37.4 Å². The fourth-order valence-electron chi connectivity index (χ4n) is 2.64. The van der Waals surface area contributed by atoms with E-state index in [2.05, 4.69) is 5.32 Å². The summed E-state index contributed by atoms with van der Waals surface area (Å²) in [5.74, 6) is -2.18. The van der Waals surface area contributed by atoms with E-state index >= 15 is 0 Å². The van der Waals surface area contributed by atoms with Gasteiger partial charge in [0.2, 0.25) is 0 Å². The van der Waals surface area contributed by atoms with E-state index in [9.17, 15) is 13.6 Å². The highest BCUT2D eigenvalue weighted by atomic mass is 19.1. The van der Waals surface area contributed by atoms with E-state index in [0.29, 0.717) is 6.54 Å². The maximum Gasteiger partial charge on any atom is 0.257 e. The first kappa shape index (κ1) is 13.9. The SMILES string of the molecule is NCC1CCCCC1NC(=O)c1c(F)cccc1F. The Morgan fingerprint density at radius 2 is 1.89 bits per heavy atom. The van der Waals surface area contributed by atoms with Crippen molar-refractivity contribution in [2.24, 2.45) is 11.7 Å². The topological polar surface area (TPSA) is 55.1 Å². The predicted octanol–water partition coefficient (Wildman–Crippen LogP) is 2.21. The first-order valence-corrected chi connectivity index (χ1v) is 6.58. The molecule has 1 amide bonds. The van der Waals surface area contributed by atoms with Gasteiger partial charge < -0.3 is 11.1 Å². The van der Waals surface area contributed by atoms with Crippen LogP contribution in [0.2, 0.25) is 0 Å². The standard InChI is InChI=1S/C14H18F2N2O/c15-10-5-3-6-11(16)13(10)14(19)18-12-7-2-1-4-9(12)8-17/h3,5-6,9,12H,1-2,4,7-8,17H2,(H,18,19). The zero-order chi connectivity index (χ0) is 13.8. The molecular formula is C14H18F2N2O. The normalized spacial score (nSPS) is 23.1. The summed E-state index contributed by atoms with van der Waals surface area (Å²) in [6, 6.07) is 3.31. The van der Waals surface area contributed by atoms with Crippen molar-refractivity contribution in [3.63, 3.8) is 0 Å². The largest absolute Gasteiger partial charge is 0.349 e. The molecular weight excluding hydrogens is 250 g/mol. The van der Waals surface area contributed by atoms with Gasteiger partial charge in [0.1, 0.15) is 17.2 Å². The molecule has 0 spiro atoms. The Bertz CT molecular complexity index is 445. The van der Waals surface area contributed by atoms with Crippen LogP contribution in [0.1, 0.15) is 36.0 Å². The van der Waals surface area contributed by atoms with E-state index in [1.165, 1.54) is 6.07 Å². The van der Waals surface area contributed by atoms with Crippen LogP contribution < -0.4 is 11.1 Å². The Hall–Kier alpha value is -1.49. The van der Waals surface area contributed by atoms with Gasteiger partial charge in [0.25, 0.3) is 5.91 Å². The quantitative estimate of drug-likeness (QED) is 0.883. The van der Waals surface area contributed by atoms with Crippen molar-refractivity contribution in [2.45, 2.75) is 31.7 Å². The summed E-state index contributed by atoms with van der Waals surface area (Å²) in [7, 11) is 0. The number of nitrogens with one attached hydrogen (secondary N) is 1. The van der Waals surface area contributed by atoms with Gasteiger partial charge >= 0.3 is 0 Å². The van der Waals surface area contributed by atoms with Crippen LogP contribution in [0.4, 0.5) is 8.78 Å². The summed E-state index contributed by atoms with van der Waals surface area (Å²) in [5, 5.41) is 2.72. The molecule has 19 heavy (non-hydrogen) atoms. The Morgan fingerprint density at radius 3 is 2.53 bits per heavy atom. The summed E-state index contributed by atoms with van der Waals surface area (Å²) in [5.41, 5.74) is 5.16. The third kappa shape index (κ3) is 3.10. The molecule has 1 aromatic rings. The molecule has 1 aromatic carbocycles. The van der Waals surface area contributed by atoms with Crippen molar-refractivity contribution < 1.29 is 13.6 Å². The Labute approximate surface area is 111 Å². The first-order chi connectivity index (χ1) is 9.13. The van der Waals surface area contributed by atoms with E-state index in [4.69, 9.17) is 5.73 Å². The number of hydrogen-bond acceptors (Lipinski definition) is 2. The minimum absolute atomic E-state index is 0.0924. The third-order valence-electron chi connectivity index (χ3n) is 3.72.